The van der Waals surface area contributed by atoms with Crippen LogP contribution in [0.2, 0.25) is 0 Å². The number of hydrogen-bond acceptors (Lipinski definition) is 7. The number of methoxy groups -OCH3 is 3. The van der Waals surface area contributed by atoms with Crippen molar-refractivity contribution in [3.8, 4) is 17.2 Å². The van der Waals surface area contributed by atoms with Crippen molar-refractivity contribution in [3.63, 3.8) is 0 Å². The number of carbonyl (C=O) groups is 2. The highest BCUT2D eigenvalue weighted by atomic mass is 16.6. The summed E-state index contributed by atoms with van der Waals surface area (Å²) in [5, 5.41) is 0.988. The van der Waals surface area contributed by atoms with Crippen LogP contribution in [-0.4, -0.2) is 44.3 Å². The number of aromatic nitrogens is 1. The molecule has 0 atom stereocenters. The van der Waals surface area contributed by atoms with E-state index in [0.717, 1.165) is 5.56 Å². The van der Waals surface area contributed by atoms with Gasteiger partial charge in [0.15, 0.2) is 23.9 Å². The van der Waals surface area contributed by atoms with Crippen LogP contribution in [0, 0.1) is 0 Å². The number of rotatable bonds is 11. The zero-order valence-corrected chi connectivity index (χ0v) is 19.0. The number of ketones is 1. The summed E-state index contributed by atoms with van der Waals surface area (Å²) >= 11 is 0. The normalized spacial score (nSPS) is 10.6. The van der Waals surface area contributed by atoms with Crippen LogP contribution in [0.5, 0.6) is 17.2 Å². The maximum absolute atomic E-state index is 12.9. The summed E-state index contributed by atoms with van der Waals surface area (Å²) in [6.07, 6.45) is 3.28. The number of aryl methyl sites for hydroxylation is 1. The number of fused-ring (bicyclic) bond motifs is 1. The van der Waals surface area contributed by atoms with Crippen molar-refractivity contribution in [2.24, 2.45) is 0 Å². The molecule has 0 aliphatic carbocycles. The molecule has 0 unspecified atom stereocenters. The van der Waals surface area contributed by atoms with Gasteiger partial charge in [-0.1, -0.05) is 12.1 Å². The zero-order chi connectivity index (χ0) is 23.8. The standard InChI is InChI=1S/C25H27NO7/c1-30-22-11-10-17(14-23(22)31-2)6-4-7-18(27)15-26-13-12-19-20(25(26)29)8-5-9-21(19)33-16-24(28)32-3/h5,8-14H,4,6-7,15-16H2,1-3H3. The molecule has 3 aromatic rings. The summed E-state index contributed by atoms with van der Waals surface area (Å²) in [5.41, 5.74) is 0.757. The smallest absolute Gasteiger partial charge is 0.343 e. The number of esters is 1. The second-order valence-corrected chi connectivity index (χ2v) is 7.41. The van der Waals surface area contributed by atoms with E-state index in [-0.39, 0.29) is 24.5 Å². The summed E-state index contributed by atoms with van der Waals surface area (Å²) in [6, 6.07) is 12.4. The van der Waals surface area contributed by atoms with Crippen molar-refractivity contribution in [1.29, 1.82) is 0 Å². The summed E-state index contributed by atoms with van der Waals surface area (Å²) in [5.74, 6) is 1.17. The molecular formula is C25H27NO7. The van der Waals surface area contributed by atoms with Crippen LogP contribution in [0.1, 0.15) is 18.4 Å². The third-order valence-corrected chi connectivity index (χ3v) is 5.27. The van der Waals surface area contributed by atoms with E-state index < -0.39 is 5.97 Å². The fourth-order valence-corrected chi connectivity index (χ4v) is 3.53. The van der Waals surface area contributed by atoms with Crippen LogP contribution in [0.15, 0.2) is 53.5 Å². The lowest BCUT2D eigenvalue weighted by Crippen LogP contribution is -2.24. The molecule has 33 heavy (non-hydrogen) atoms. The molecule has 2 aromatic carbocycles. The van der Waals surface area contributed by atoms with E-state index in [0.29, 0.717) is 47.3 Å². The summed E-state index contributed by atoms with van der Waals surface area (Å²) in [6.45, 7) is -0.259. The Balaban J connectivity index is 1.63. The first kappa shape index (κ1) is 23.8. The van der Waals surface area contributed by atoms with Gasteiger partial charge in [0.2, 0.25) is 0 Å². The Morgan fingerprint density at radius 3 is 2.42 bits per heavy atom. The van der Waals surface area contributed by atoms with Crippen LogP contribution in [0.4, 0.5) is 0 Å². The molecule has 174 valence electrons. The zero-order valence-electron chi connectivity index (χ0n) is 19.0. The quantitative estimate of drug-likeness (QED) is 0.412. The van der Waals surface area contributed by atoms with Crippen molar-refractivity contribution in [1.82, 2.24) is 4.57 Å². The minimum Gasteiger partial charge on any atom is -0.493 e. The molecule has 0 bridgehead atoms. The molecule has 1 aromatic heterocycles. The van der Waals surface area contributed by atoms with Crippen molar-refractivity contribution in [2.45, 2.75) is 25.8 Å². The topological polar surface area (TPSA) is 93.1 Å². The van der Waals surface area contributed by atoms with Crippen molar-refractivity contribution >= 4 is 22.5 Å². The van der Waals surface area contributed by atoms with Gasteiger partial charge in [0.1, 0.15) is 5.75 Å². The average Bonchev–Trinajstić information content (AvgIpc) is 2.84. The monoisotopic (exact) mass is 453 g/mol. The van der Waals surface area contributed by atoms with E-state index in [1.54, 1.807) is 44.7 Å². The van der Waals surface area contributed by atoms with Crippen LogP contribution in [0.25, 0.3) is 10.8 Å². The first-order valence-electron chi connectivity index (χ1n) is 10.5. The molecule has 0 N–H and O–H groups in total. The first-order chi connectivity index (χ1) is 16.0. The molecular weight excluding hydrogens is 426 g/mol. The molecule has 0 saturated carbocycles. The highest BCUT2D eigenvalue weighted by Crippen LogP contribution is 2.28. The fraction of sp³-hybridized carbons (Fsp3) is 0.320. The van der Waals surface area contributed by atoms with E-state index in [2.05, 4.69) is 4.74 Å². The highest BCUT2D eigenvalue weighted by Gasteiger charge is 2.12. The molecule has 1 heterocycles. The Hall–Kier alpha value is -3.81. The number of hydrogen-bond donors (Lipinski definition) is 0. The van der Waals surface area contributed by atoms with Crippen molar-refractivity contribution in [3.05, 3.63) is 64.6 Å². The number of Topliss-reactive ketones (excluding diaryl/α,β-unsaturated/α-hetero) is 1. The van der Waals surface area contributed by atoms with Gasteiger partial charge >= 0.3 is 5.97 Å². The van der Waals surface area contributed by atoms with Crippen LogP contribution >= 0.6 is 0 Å². The highest BCUT2D eigenvalue weighted by molar-refractivity contribution is 5.88. The Morgan fingerprint density at radius 2 is 1.70 bits per heavy atom. The maximum Gasteiger partial charge on any atom is 0.343 e. The Labute approximate surface area is 191 Å². The molecule has 0 saturated heterocycles. The third kappa shape index (κ3) is 5.91. The minimum atomic E-state index is -0.515. The van der Waals surface area contributed by atoms with E-state index in [1.807, 2.05) is 18.2 Å². The number of ether oxygens (including phenoxy) is 4. The lowest BCUT2D eigenvalue weighted by atomic mass is 10.1. The van der Waals surface area contributed by atoms with E-state index in [9.17, 15) is 14.4 Å². The van der Waals surface area contributed by atoms with Gasteiger partial charge < -0.3 is 23.5 Å². The van der Waals surface area contributed by atoms with Crippen LogP contribution in [0.3, 0.4) is 0 Å². The van der Waals surface area contributed by atoms with E-state index >= 15 is 0 Å². The van der Waals surface area contributed by atoms with Gasteiger partial charge in [-0.3, -0.25) is 9.59 Å². The fourth-order valence-electron chi connectivity index (χ4n) is 3.53. The molecule has 0 aliphatic rings. The van der Waals surface area contributed by atoms with Gasteiger partial charge in [-0.05, 0) is 48.7 Å². The summed E-state index contributed by atoms with van der Waals surface area (Å²) < 4.78 is 22.0. The SMILES string of the molecule is COC(=O)COc1cccc2c(=O)n(CC(=O)CCCc3ccc(OC)c(OC)c3)ccc12. The number of carbonyl (C=O) groups excluding carboxylic acids is 2. The molecule has 0 amide bonds. The van der Waals surface area contributed by atoms with Gasteiger partial charge in [0.25, 0.3) is 5.56 Å². The second-order valence-electron chi connectivity index (χ2n) is 7.41. The summed E-state index contributed by atoms with van der Waals surface area (Å²) in [7, 11) is 4.44. The van der Waals surface area contributed by atoms with Crippen LogP contribution < -0.4 is 19.8 Å². The number of pyridine rings is 1. The summed E-state index contributed by atoms with van der Waals surface area (Å²) in [4.78, 5) is 36.7. The van der Waals surface area contributed by atoms with Crippen molar-refractivity contribution in [2.75, 3.05) is 27.9 Å². The lowest BCUT2D eigenvalue weighted by molar-refractivity contribution is -0.142. The maximum atomic E-state index is 12.9. The van der Waals surface area contributed by atoms with Gasteiger partial charge in [0.05, 0.1) is 33.3 Å². The molecule has 8 nitrogen and oxygen atoms in total. The molecule has 8 heteroatoms. The average molecular weight is 453 g/mol. The third-order valence-electron chi connectivity index (χ3n) is 5.27. The molecule has 3 rings (SSSR count). The Morgan fingerprint density at radius 1 is 0.909 bits per heavy atom. The predicted molar refractivity (Wildman–Crippen MR) is 123 cm³/mol. The predicted octanol–water partition coefficient (Wildman–Crippen LogP) is 3.16. The van der Waals surface area contributed by atoms with E-state index in [4.69, 9.17) is 14.2 Å². The first-order valence-corrected chi connectivity index (χ1v) is 10.5. The molecule has 0 fully saturated rings. The van der Waals surface area contributed by atoms with E-state index in [1.165, 1.54) is 11.7 Å². The van der Waals surface area contributed by atoms with Gasteiger partial charge in [-0.2, -0.15) is 0 Å². The minimum absolute atomic E-state index is 0.00600. The van der Waals surface area contributed by atoms with Gasteiger partial charge in [0, 0.05) is 18.0 Å². The number of benzene rings is 2. The molecule has 0 radical (unpaired) electrons. The molecule has 0 spiro atoms. The van der Waals surface area contributed by atoms with Crippen molar-refractivity contribution < 1.29 is 28.5 Å². The second kappa shape index (κ2) is 11.2. The molecule has 0 aliphatic heterocycles. The van der Waals surface area contributed by atoms with Gasteiger partial charge in [-0.25, -0.2) is 4.79 Å². The van der Waals surface area contributed by atoms with Gasteiger partial charge in [-0.15, -0.1) is 0 Å². The largest absolute Gasteiger partial charge is 0.493 e. The lowest BCUT2D eigenvalue weighted by Gasteiger charge is -2.11. The van der Waals surface area contributed by atoms with Crippen LogP contribution in [-0.2, 0) is 27.3 Å². The Kier molecular flexibility index (Phi) is 8.07. The Bertz CT molecular complexity index is 1200. The number of nitrogens with zero attached hydrogens (tertiary/aromatic N) is 1.